The summed E-state index contributed by atoms with van der Waals surface area (Å²) < 4.78 is 5.78. The highest BCUT2D eigenvalue weighted by Gasteiger charge is 2.20. The maximum Gasteiger partial charge on any atom is 0.119 e. The molecule has 1 aliphatic heterocycles. The molecular formula is C14H21NO2. The van der Waals surface area contributed by atoms with Crippen LogP contribution in [-0.2, 0) is 4.74 Å². The molecule has 17 heavy (non-hydrogen) atoms. The first-order valence-electron chi connectivity index (χ1n) is 6.25. The molecule has 94 valence electrons. The predicted molar refractivity (Wildman–Crippen MR) is 68.5 cm³/mol. The summed E-state index contributed by atoms with van der Waals surface area (Å²) in [6, 6.07) is 3.94. The van der Waals surface area contributed by atoms with Gasteiger partial charge < -0.3 is 15.2 Å². The van der Waals surface area contributed by atoms with Crippen molar-refractivity contribution in [1.29, 1.82) is 0 Å². The lowest BCUT2D eigenvalue weighted by molar-refractivity contribution is 0.0272. The summed E-state index contributed by atoms with van der Waals surface area (Å²) in [5.74, 6) is 0.718. The van der Waals surface area contributed by atoms with Crippen LogP contribution in [0.2, 0.25) is 0 Å². The molecule has 1 fully saturated rings. The highest BCUT2D eigenvalue weighted by Crippen LogP contribution is 2.32. The SMILES string of the molecule is Cc1cc(O)c(C(C)C)cc1C1CNCCO1. The first-order valence-corrected chi connectivity index (χ1v) is 6.25. The molecule has 3 heteroatoms. The van der Waals surface area contributed by atoms with Crippen molar-refractivity contribution in [3.8, 4) is 5.75 Å². The van der Waals surface area contributed by atoms with E-state index in [2.05, 4.69) is 25.2 Å². The highest BCUT2D eigenvalue weighted by atomic mass is 16.5. The molecular weight excluding hydrogens is 214 g/mol. The molecule has 0 radical (unpaired) electrons. The Kier molecular flexibility index (Phi) is 3.69. The van der Waals surface area contributed by atoms with Crippen LogP contribution in [0.4, 0.5) is 0 Å². The molecule has 1 saturated heterocycles. The van der Waals surface area contributed by atoms with Gasteiger partial charge in [0, 0.05) is 13.1 Å². The van der Waals surface area contributed by atoms with Gasteiger partial charge in [0.2, 0.25) is 0 Å². The van der Waals surface area contributed by atoms with Crippen molar-refractivity contribution in [3.63, 3.8) is 0 Å². The molecule has 0 aromatic heterocycles. The average molecular weight is 235 g/mol. The number of benzene rings is 1. The minimum absolute atomic E-state index is 0.113. The maximum atomic E-state index is 9.93. The topological polar surface area (TPSA) is 41.5 Å². The predicted octanol–water partition coefficient (Wildman–Crippen LogP) is 2.48. The van der Waals surface area contributed by atoms with Gasteiger partial charge in [-0.25, -0.2) is 0 Å². The Morgan fingerprint density at radius 2 is 2.18 bits per heavy atom. The van der Waals surface area contributed by atoms with E-state index in [4.69, 9.17) is 4.74 Å². The van der Waals surface area contributed by atoms with Gasteiger partial charge in [-0.2, -0.15) is 0 Å². The molecule has 1 aromatic rings. The summed E-state index contributed by atoms with van der Waals surface area (Å²) in [5, 5.41) is 13.3. The van der Waals surface area contributed by atoms with Gasteiger partial charge in [0.1, 0.15) is 5.75 Å². The van der Waals surface area contributed by atoms with Crippen LogP contribution >= 0.6 is 0 Å². The van der Waals surface area contributed by atoms with Crippen LogP contribution in [0, 0.1) is 6.92 Å². The number of aromatic hydroxyl groups is 1. The highest BCUT2D eigenvalue weighted by molar-refractivity contribution is 5.44. The number of aryl methyl sites for hydroxylation is 1. The Hall–Kier alpha value is -1.06. The van der Waals surface area contributed by atoms with Crippen LogP contribution in [0.15, 0.2) is 12.1 Å². The summed E-state index contributed by atoms with van der Waals surface area (Å²) in [6.45, 7) is 8.73. The second kappa shape index (κ2) is 5.07. The van der Waals surface area contributed by atoms with E-state index in [-0.39, 0.29) is 6.10 Å². The fraction of sp³-hybridized carbons (Fsp3) is 0.571. The van der Waals surface area contributed by atoms with Gasteiger partial charge in [0.15, 0.2) is 0 Å². The van der Waals surface area contributed by atoms with Gasteiger partial charge in [0.05, 0.1) is 12.7 Å². The standard InChI is InChI=1S/C14H21NO2/c1-9(2)11-7-12(10(3)6-13(11)16)14-8-15-4-5-17-14/h6-7,9,14-16H,4-5,8H2,1-3H3. The van der Waals surface area contributed by atoms with E-state index in [9.17, 15) is 5.11 Å². The van der Waals surface area contributed by atoms with Gasteiger partial charge in [-0.3, -0.25) is 0 Å². The molecule has 1 atom stereocenters. The van der Waals surface area contributed by atoms with Crippen LogP contribution in [0.5, 0.6) is 5.75 Å². The van der Waals surface area contributed by atoms with Crippen molar-refractivity contribution in [1.82, 2.24) is 5.32 Å². The van der Waals surface area contributed by atoms with Crippen molar-refractivity contribution >= 4 is 0 Å². The summed E-state index contributed by atoms with van der Waals surface area (Å²) in [7, 11) is 0. The summed E-state index contributed by atoms with van der Waals surface area (Å²) in [6.07, 6.45) is 0.113. The molecule has 0 spiro atoms. The lowest BCUT2D eigenvalue weighted by Crippen LogP contribution is -2.33. The number of phenolic OH excluding ortho intramolecular Hbond substituents is 1. The average Bonchev–Trinajstić information content (AvgIpc) is 2.29. The zero-order valence-electron chi connectivity index (χ0n) is 10.8. The number of ether oxygens (including phenoxy) is 1. The Balaban J connectivity index is 2.35. The minimum atomic E-state index is 0.113. The lowest BCUT2D eigenvalue weighted by Gasteiger charge is -2.26. The van der Waals surface area contributed by atoms with E-state index in [1.54, 1.807) is 0 Å². The fourth-order valence-corrected chi connectivity index (χ4v) is 2.30. The molecule has 0 saturated carbocycles. The largest absolute Gasteiger partial charge is 0.508 e. The smallest absolute Gasteiger partial charge is 0.119 e. The number of hydrogen-bond donors (Lipinski definition) is 2. The molecule has 0 aliphatic carbocycles. The first kappa shape index (κ1) is 12.4. The number of morpholine rings is 1. The van der Waals surface area contributed by atoms with Crippen molar-refractivity contribution in [2.24, 2.45) is 0 Å². The quantitative estimate of drug-likeness (QED) is 0.827. The number of phenols is 1. The Bertz CT molecular complexity index is 395. The second-order valence-corrected chi connectivity index (χ2v) is 4.99. The summed E-state index contributed by atoms with van der Waals surface area (Å²) in [4.78, 5) is 0. The van der Waals surface area contributed by atoms with Crippen LogP contribution in [0.25, 0.3) is 0 Å². The van der Waals surface area contributed by atoms with Crippen molar-refractivity contribution in [3.05, 3.63) is 28.8 Å². The van der Waals surface area contributed by atoms with E-state index in [0.29, 0.717) is 11.7 Å². The van der Waals surface area contributed by atoms with Gasteiger partial charge >= 0.3 is 0 Å². The van der Waals surface area contributed by atoms with E-state index in [1.165, 1.54) is 5.56 Å². The Morgan fingerprint density at radius 1 is 1.41 bits per heavy atom. The minimum Gasteiger partial charge on any atom is -0.508 e. The third-order valence-electron chi connectivity index (χ3n) is 3.31. The normalized spacial score (nSPS) is 20.8. The third-order valence-corrected chi connectivity index (χ3v) is 3.31. The van der Waals surface area contributed by atoms with E-state index in [0.717, 1.165) is 30.8 Å². The van der Waals surface area contributed by atoms with E-state index in [1.807, 2.05) is 13.0 Å². The lowest BCUT2D eigenvalue weighted by atomic mass is 9.93. The van der Waals surface area contributed by atoms with Gasteiger partial charge in [0.25, 0.3) is 0 Å². The Morgan fingerprint density at radius 3 is 2.76 bits per heavy atom. The molecule has 1 unspecified atom stereocenters. The maximum absolute atomic E-state index is 9.93. The van der Waals surface area contributed by atoms with E-state index >= 15 is 0 Å². The molecule has 0 bridgehead atoms. The van der Waals surface area contributed by atoms with Crippen molar-refractivity contribution in [2.75, 3.05) is 19.7 Å². The monoisotopic (exact) mass is 235 g/mol. The van der Waals surface area contributed by atoms with Crippen LogP contribution in [-0.4, -0.2) is 24.8 Å². The Labute approximate surface area is 103 Å². The van der Waals surface area contributed by atoms with Crippen molar-refractivity contribution in [2.45, 2.75) is 32.8 Å². The molecule has 3 nitrogen and oxygen atoms in total. The number of rotatable bonds is 2. The third kappa shape index (κ3) is 2.61. The molecule has 1 heterocycles. The molecule has 0 amide bonds. The zero-order valence-corrected chi connectivity index (χ0v) is 10.8. The first-order chi connectivity index (χ1) is 8.09. The summed E-state index contributed by atoms with van der Waals surface area (Å²) in [5.41, 5.74) is 3.29. The molecule has 1 aliphatic rings. The van der Waals surface area contributed by atoms with Crippen LogP contribution in [0.1, 0.15) is 42.6 Å². The van der Waals surface area contributed by atoms with Crippen LogP contribution in [0.3, 0.4) is 0 Å². The van der Waals surface area contributed by atoms with E-state index < -0.39 is 0 Å². The van der Waals surface area contributed by atoms with Gasteiger partial charge in [-0.15, -0.1) is 0 Å². The zero-order chi connectivity index (χ0) is 12.4. The number of hydrogen-bond acceptors (Lipinski definition) is 3. The summed E-state index contributed by atoms with van der Waals surface area (Å²) >= 11 is 0. The van der Waals surface area contributed by atoms with Gasteiger partial charge in [-0.1, -0.05) is 13.8 Å². The number of nitrogens with one attached hydrogen (secondary N) is 1. The molecule has 2 rings (SSSR count). The van der Waals surface area contributed by atoms with Crippen molar-refractivity contribution < 1.29 is 9.84 Å². The molecule has 2 N–H and O–H groups in total. The second-order valence-electron chi connectivity index (χ2n) is 4.99. The van der Waals surface area contributed by atoms with Crippen LogP contribution < -0.4 is 5.32 Å². The molecule has 1 aromatic carbocycles. The van der Waals surface area contributed by atoms with Gasteiger partial charge in [-0.05, 0) is 41.7 Å². The fourth-order valence-electron chi connectivity index (χ4n) is 2.30.